The van der Waals surface area contributed by atoms with Gasteiger partial charge in [0.1, 0.15) is 0 Å². The summed E-state index contributed by atoms with van der Waals surface area (Å²) >= 11 is 0. The molecule has 0 spiro atoms. The van der Waals surface area contributed by atoms with Crippen LogP contribution in [0.25, 0.3) is 0 Å². The minimum Gasteiger partial charge on any atom is -0.481 e. The van der Waals surface area contributed by atoms with Crippen molar-refractivity contribution in [3.05, 3.63) is 29.8 Å². The van der Waals surface area contributed by atoms with E-state index in [0.29, 0.717) is 11.3 Å². The van der Waals surface area contributed by atoms with Crippen LogP contribution in [0.1, 0.15) is 44.1 Å². The molecular formula is C20H26N2O4. The first kappa shape index (κ1) is 18.4. The van der Waals surface area contributed by atoms with Crippen LogP contribution in [0.4, 0.5) is 5.69 Å². The van der Waals surface area contributed by atoms with E-state index in [4.69, 9.17) is 5.11 Å². The summed E-state index contributed by atoms with van der Waals surface area (Å²) in [5.41, 5.74) is 1.33. The Morgan fingerprint density at radius 1 is 0.962 bits per heavy atom. The molecule has 6 nitrogen and oxygen atoms in total. The van der Waals surface area contributed by atoms with Crippen LogP contribution in [0.5, 0.6) is 0 Å². The highest BCUT2D eigenvalue weighted by atomic mass is 16.4. The average molecular weight is 358 g/mol. The third kappa shape index (κ3) is 4.42. The number of aliphatic carboxylic acids is 1. The fraction of sp³-hybridized carbons (Fsp3) is 0.550. The Bertz CT molecular complexity index is 665. The molecule has 2 fully saturated rings. The van der Waals surface area contributed by atoms with E-state index in [9.17, 15) is 14.4 Å². The lowest BCUT2D eigenvalue weighted by atomic mass is 9.77. The van der Waals surface area contributed by atoms with Gasteiger partial charge in [-0.25, -0.2) is 0 Å². The van der Waals surface area contributed by atoms with E-state index in [1.54, 1.807) is 24.3 Å². The minimum absolute atomic E-state index is 0.0384. The summed E-state index contributed by atoms with van der Waals surface area (Å²) in [6.07, 6.45) is 5.56. The van der Waals surface area contributed by atoms with Crippen LogP contribution < -0.4 is 5.32 Å². The smallest absolute Gasteiger partial charge is 0.307 e. The van der Waals surface area contributed by atoms with E-state index < -0.39 is 5.97 Å². The molecule has 2 aliphatic rings. The van der Waals surface area contributed by atoms with Crippen LogP contribution in [-0.2, 0) is 20.8 Å². The molecule has 1 saturated carbocycles. The number of anilines is 1. The van der Waals surface area contributed by atoms with Gasteiger partial charge in [-0.2, -0.15) is 0 Å². The number of nitrogens with one attached hydrogen (secondary N) is 1. The van der Waals surface area contributed by atoms with Crippen LogP contribution in [0.15, 0.2) is 24.3 Å². The number of carbonyl (C=O) groups is 3. The third-order valence-corrected chi connectivity index (χ3v) is 5.41. The number of carboxylic acids is 1. The first-order chi connectivity index (χ1) is 12.5. The molecule has 2 atom stereocenters. The molecule has 6 heteroatoms. The second kappa shape index (κ2) is 8.34. The Hall–Kier alpha value is -2.37. The van der Waals surface area contributed by atoms with Crippen molar-refractivity contribution in [3.63, 3.8) is 0 Å². The van der Waals surface area contributed by atoms with Gasteiger partial charge in [0.25, 0.3) is 0 Å². The van der Waals surface area contributed by atoms with Gasteiger partial charge in [-0.15, -0.1) is 0 Å². The number of hydrogen-bond acceptors (Lipinski definition) is 3. The zero-order chi connectivity index (χ0) is 18.5. The van der Waals surface area contributed by atoms with Crippen LogP contribution in [0.3, 0.4) is 0 Å². The summed E-state index contributed by atoms with van der Waals surface area (Å²) in [4.78, 5) is 38.2. The molecule has 1 aromatic rings. The van der Waals surface area contributed by atoms with E-state index in [2.05, 4.69) is 5.32 Å². The lowest BCUT2D eigenvalue weighted by Crippen LogP contribution is -2.42. The van der Waals surface area contributed by atoms with Crippen LogP contribution in [0, 0.1) is 11.8 Å². The van der Waals surface area contributed by atoms with Crippen molar-refractivity contribution in [2.75, 3.05) is 18.4 Å². The molecule has 1 aliphatic carbocycles. The molecule has 0 bridgehead atoms. The van der Waals surface area contributed by atoms with E-state index in [1.807, 2.05) is 4.90 Å². The predicted octanol–water partition coefficient (Wildman–Crippen LogP) is 2.68. The number of nitrogens with zero attached hydrogens (tertiary/aromatic N) is 1. The highest BCUT2D eigenvalue weighted by molar-refractivity contribution is 5.96. The number of benzene rings is 1. The first-order valence-electron chi connectivity index (χ1n) is 9.45. The normalized spacial score (nSPS) is 22.8. The quantitative estimate of drug-likeness (QED) is 0.847. The zero-order valence-electron chi connectivity index (χ0n) is 14.9. The van der Waals surface area contributed by atoms with Crippen molar-refractivity contribution in [3.8, 4) is 0 Å². The molecule has 26 heavy (non-hydrogen) atoms. The van der Waals surface area contributed by atoms with Gasteiger partial charge in [0.15, 0.2) is 0 Å². The molecule has 2 unspecified atom stereocenters. The topological polar surface area (TPSA) is 86.7 Å². The monoisotopic (exact) mass is 358 g/mol. The van der Waals surface area contributed by atoms with Crippen LogP contribution in [0.2, 0.25) is 0 Å². The molecule has 0 aromatic heterocycles. The van der Waals surface area contributed by atoms with Gasteiger partial charge in [0.05, 0.1) is 6.42 Å². The summed E-state index contributed by atoms with van der Waals surface area (Å²) in [6, 6.07) is 6.85. The summed E-state index contributed by atoms with van der Waals surface area (Å²) in [5.74, 6) is -1.34. The molecule has 1 aromatic carbocycles. The Balaban J connectivity index is 1.64. The Morgan fingerprint density at radius 2 is 1.58 bits per heavy atom. The molecule has 3 rings (SSSR count). The summed E-state index contributed by atoms with van der Waals surface area (Å²) < 4.78 is 0. The van der Waals surface area contributed by atoms with Gasteiger partial charge in [0, 0.05) is 30.6 Å². The maximum absolute atomic E-state index is 12.8. The van der Waals surface area contributed by atoms with Crippen molar-refractivity contribution < 1.29 is 19.5 Å². The van der Waals surface area contributed by atoms with Gasteiger partial charge >= 0.3 is 5.97 Å². The third-order valence-electron chi connectivity index (χ3n) is 5.41. The standard InChI is InChI=1S/C20H26N2O4/c23-18(24)13-14-7-9-15(10-8-14)21-19(25)16-5-1-2-6-17(16)20(26)22-11-3-4-12-22/h7-10,16-17H,1-6,11-13H2,(H,21,25)(H,23,24). The van der Waals surface area contributed by atoms with Gasteiger partial charge in [-0.1, -0.05) is 25.0 Å². The Morgan fingerprint density at radius 3 is 2.19 bits per heavy atom. The van der Waals surface area contributed by atoms with E-state index in [1.165, 1.54) is 0 Å². The fourth-order valence-corrected chi connectivity index (χ4v) is 4.03. The van der Waals surface area contributed by atoms with Gasteiger partial charge in [-0.3, -0.25) is 14.4 Å². The summed E-state index contributed by atoms with van der Waals surface area (Å²) in [7, 11) is 0. The molecule has 2 N–H and O–H groups in total. The minimum atomic E-state index is -0.882. The number of likely N-dealkylation sites (tertiary alicyclic amines) is 1. The highest BCUT2D eigenvalue weighted by Gasteiger charge is 2.38. The van der Waals surface area contributed by atoms with E-state index >= 15 is 0 Å². The van der Waals surface area contributed by atoms with Gasteiger partial charge in [0.2, 0.25) is 11.8 Å². The van der Waals surface area contributed by atoms with Crippen LogP contribution >= 0.6 is 0 Å². The molecule has 140 valence electrons. The van der Waals surface area contributed by atoms with Crippen molar-refractivity contribution in [1.82, 2.24) is 4.90 Å². The van der Waals surface area contributed by atoms with E-state index in [-0.39, 0.29) is 30.1 Å². The Kier molecular flexibility index (Phi) is 5.91. The highest BCUT2D eigenvalue weighted by Crippen LogP contribution is 2.33. The largest absolute Gasteiger partial charge is 0.481 e. The first-order valence-corrected chi connectivity index (χ1v) is 9.45. The van der Waals surface area contributed by atoms with E-state index in [0.717, 1.165) is 51.6 Å². The zero-order valence-corrected chi connectivity index (χ0v) is 14.9. The lowest BCUT2D eigenvalue weighted by molar-refractivity contribution is -0.141. The maximum atomic E-state index is 12.8. The van der Waals surface area contributed by atoms with Crippen molar-refractivity contribution >= 4 is 23.5 Å². The van der Waals surface area contributed by atoms with Crippen molar-refractivity contribution in [1.29, 1.82) is 0 Å². The number of carboxylic acid groups (broad SMARTS) is 1. The average Bonchev–Trinajstić information content (AvgIpc) is 3.17. The summed E-state index contributed by atoms with van der Waals surface area (Å²) in [6.45, 7) is 1.63. The molecule has 1 aliphatic heterocycles. The molecule has 1 saturated heterocycles. The number of carbonyl (C=O) groups excluding carboxylic acids is 2. The molecule has 1 heterocycles. The van der Waals surface area contributed by atoms with Crippen LogP contribution in [-0.4, -0.2) is 40.9 Å². The second-order valence-corrected chi connectivity index (χ2v) is 7.29. The Labute approximate surface area is 153 Å². The molecule has 0 radical (unpaired) electrons. The van der Waals surface area contributed by atoms with Gasteiger partial charge < -0.3 is 15.3 Å². The number of rotatable bonds is 5. The summed E-state index contributed by atoms with van der Waals surface area (Å²) in [5, 5.41) is 11.7. The second-order valence-electron chi connectivity index (χ2n) is 7.29. The lowest BCUT2D eigenvalue weighted by Gasteiger charge is -2.32. The van der Waals surface area contributed by atoms with Gasteiger partial charge in [-0.05, 0) is 43.4 Å². The maximum Gasteiger partial charge on any atom is 0.307 e. The number of amides is 2. The predicted molar refractivity (Wildman–Crippen MR) is 97.7 cm³/mol. The van der Waals surface area contributed by atoms with Crippen molar-refractivity contribution in [2.24, 2.45) is 11.8 Å². The molecule has 2 amide bonds. The SMILES string of the molecule is O=C(O)Cc1ccc(NC(=O)C2CCCCC2C(=O)N2CCCC2)cc1. The van der Waals surface area contributed by atoms with Crippen molar-refractivity contribution in [2.45, 2.75) is 44.9 Å². The molecular weight excluding hydrogens is 332 g/mol. The fourth-order valence-electron chi connectivity index (χ4n) is 4.03. The number of hydrogen-bond donors (Lipinski definition) is 2.